The summed E-state index contributed by atoms with van der Waals surface area (Å²) in [5.41, 5.74) is 0.593. The van der Waals surface area contributed by atoms with Gasteiger partial charge in [0.1, 0.15) is 5.82 Å². The number of methoxy groups -OCH3 is 1. The highest BCUT2D eigenvalue weighted by molar-refractivity contribution is 5.37. The predicted molar refractivity (Wildman–Crippen MR) is 71.5 cm³/mol. The Morgan fingerprint density at radius 1 is 1.28 bits per heavy atom. The van der Waals surface area contributed by atoms with Crippen LogP contribution in [0.1, 0.15) is 32.4 Å². The molecule has 18 heavy (non-hydrogen) atoms. The van der Waals surface area contributed by atoms with Crippen LogP contribution in [0.4, 0.5) is 5.82 Å². The third kappa shape index (κ3) is 3.92. The highest BCUT2D eigenvalue weighted by atomic mass is 16.5. The smallest absolute Gasteiger partial charge is 0.147 e. The minimum atomic E-state index is -0.0731. The molecule has 1 rings (SSSR count). The van der Waals surface area contributed by atoms with Crippen molar-refractivity contribution in [1.29, 1.82) is 0 Å². The second-order valence-electron chi connectivity index (χ2n) is 4.18. The van der Waals surface area contributed by atoms with Crippen LogP contribution in [0, 0.1) is 0 Å². The lowest BCUT2D eigenvalue weighted by atomic mass is 10.1. The van der Waals surface area contributed by atoms with Gasteiger partial charge in [-0.1, -0.05) is 13.8 Å². The molecule has 1 heterocycles. The van der Waals surface area contributed by atoms with E-state index in [1.54, 1.807) is 19.5 Å². The van der Waals surface area contributed by atoms with Gasteiger partial charge in [0.25, 0.3) is 0 Å². The third-order valence-electron chi connectivity index (χ3n) is 3.07. The number of rotatable bonds is 8. The van der Waals surface area contributed by atoms with Crippen molar-refractivity contribution in [3.05, 3.63) is 18.1 Å². The van der Waals surface area contributed by atoms with Crippen LogP contribution >= 0.6 is 0 Å². The van der Waals surface area contributed by atoms with Crippen molar-refractivity contribution in [3.8, 4) is 0 Å². The predicted octanol–water partition coefficient (Wildman–Crippen LogP) is 1.61. The quantitative estimate of drug-likeness (QED) is 0.762. The Morgan fingerprint density at radius 2 is 2.00 bits per heavy atom. The molecular weight excluding hydrogens is 230 g/mol. The van der Waals surface area contributed by atoms with Crippen molar-refractivity contribution in [2.45, 2.75) is 39.3 Å². The average molecular weight is 253 g/mol. The monoisotopic (exact) mass is 253 g/mol. The Hall–Kier alpha value is -1.20. The fourth-order valence-electron chi connectivity index (χ4n) is 1.98. The van der Waals surface area contributed by atoms with Crippen LogP contribution < -0.4 is 4.90 Å². The number of aliphatic hydroxyl groups is 1. The Labute approximate surface area is 109 Å². The number of anilines is 1. The van der Waals surface area contributed by atoms with Gasteiger partial charge in [-0.05, 0) is 12.8 Å². The molecule has 1 N–H and O–H groups in total. The molecule has 0 aliphatic rings. The van der Waals surface area contributed by atoms with Crippen LogP contribution in [0.3, 0.4) is 0 Å². The van der Waals surface area contributed by atoms with Gasteiger partial charge < -0.3 is 14.7 Å². The number of hydrogen-bond donors (Lipinski definition) is 1. The van der Waals surface area contributed by atoms with Gasteiger partial charge >= 0.3 is 0 Å². The largest absolute Gasteiger partial charge is 0.390 e. The molecule has 5 nitrogen and oxygen atoms in total. The summed E-state index contributed by atoms with van der Waals surface area (Å²) < 4.78 is 5.15. The van der Waals surface area contributed by atoms with Crippen LogP contribution in [0.2, 0.25) is 0 Å². The first kappa shape index (κ1) is 14.9. The Bertz CT molecular complexity index is 326. The molecule has 0 spiro atoms. The summed E-state index contributed by atoms with van der Waals surface area (Å²) >= 11 is 0. The molecule has 0 fully saturated rings. The van der Waals surface area contributed by atoms with E-state index >= 15 is 0 Å². The van der Waals surface area contributed by atoms with Gasteiger partial charge in [0, 0.05) is 19.7 Å². The van der Waals surface area contributed by atoms with Crippen molar-refractivity contribution in [2.75, 3.05) is 25.2 Å². The van der Waals surface area contributed by atoms with E-state index in [0.717, 1.165) is 25.2 Å². The molecule has 1 aromatic heterocycles. The lowest BCUT2D eigenvalue weighted by molar-refractivity contribution is 0.202. The zero-order chi connectivity index (χ0) is 13.4. The SMILES string of the molecule is CCC(CC)N(CCOC)c1cnc(CO)cn1. The summed E-state index contributed by atoms with van der Waals surface area (Å²) in [6.07, 6.45) is 5.46. The molecule has 0 atom stereocenters. The van der Waals surface area contributed by atoms with E-state index in [2.05, 4.69) is 28.7 Å². The van der Waals surface area contributed by atoms with Gasteiger partial charge in [-0.25, -0.2) is 4.98 Å². The summed E-state index contributed by atoms with van der Waals surface area (Å²) in [4.78, 5) is 10.8. The first-order chi connectivity index (χ1) is 8.76. The zero-order valence-electron chi connectivity index (χ0n) is 11.5. The molecule has 5 heteroatoms. The van der Waals surface area contributed by atoms with Crippen LogP contribution in [-0.4, -0.2) is 41.4 Å². The zero-order valence-corrected chi connectivity index (χ0v) is 11.5. The molecule has 1 aromatic rings. The van der Waals surface area contributed by atoms with E-state index in [1.165, 1.54) is 0 Å². The Morgan fingerprint density at radius 3 is 2.44 bits per heavy atom. The Kier molecular flexibility index (Phi) is 6.60. The van der Waals surface area contributed by atoms with Gasteiger partial charge in [-0.2, -0.15) is 0 Å². The first-order valence-corrected chi connectivity index (χ1v) is 6.44. The van der Waals surface area contributed by atoms with Crippen LogP contribution in [0.15, 0.2) is 12.4 Å². The summed E-state index contributed by atoms with van der Waals surface area (Å²) in [5.74, 6) is 0.845. The molecule has 0 unspecified atom stereocenters. The summed E-state index contributed by atoms with van der Waals surface area (Å²) in [6.45, 7) is 5.74. The number of aliphatic hydroxyl groups excluding tert-OH is 1. The van der Waals surface area contributed by atoms with Gasteiger partial charge in [0.15, 0.2) is 0 Å². The van der Waals surface area contributed by atoms with E-state index in [1.807, 2.05) is 0 Å². The molecule has 0 bridgehead atoms. The fourth-order valence-corrected chi connectivity index (χ4v) is 1.98. The van der Waals surface area contributed by atoms with E-state index in [-0.39, 0.29) is 6.61 Å². The Balaban J connectivity index is 2.85. The van der Waals surface area contributed by atoms with Crippen LogP contribution in [0.25, 0.3) is 0 Å². The first-order valence-electron chi connectivity index (χ1n) is 6.44. The lowest BCUT2D eigenvalue weighted by Crippen LogP contribution is -2.37. The maximum Gasteiger partial charge on any atom is 0.147 e. The summed E-state index contributed by atoms with van der Waals surface area (Å²) in [7, 11) is 1.70. The molecule has 0 amide bonds. The van der Waals surface area contributed by atoms with E-state index in [0.29, 0.717) is 18.3 Å². The molecule has 102 valence electrons. The number of aromatic nitrogens is 2. The van der Waals surface area contributed by atoms with Crippen molar-refractivity contribution in [2.24, 2.45) is 0 Å². The molecule has 0 saturated heterocycles. The second kappa shape index (κ2) is 8.00. The van der Waals surface area contributed by atoms with Gasteiger partial charge in [0.05, 0.1) is 31.3 Å². The number of nitrogens with zero attached hydrogens (tertiary/aromatic N) is 3. The standard InChI is InChI=1S/C13H23N3O2/c1-4-12(5-2)16(6-7-18-3)13-9-14-11(10-17)8-15-13/h8-9,12,17H,4-7,10H2,1-3H3. The minimum absolute atomic E-state index is 0.0731. The maximum absolute atomic E-state index is 8.97. The van der Waals surface area contributed by atoms with E-state index in [9.17, 15) is 0 Å². The van der Waals surface area contributed by atoms with E-state index < -0.39 is 0 Å². The lowest BCUT2D eigenvalue weighted by Gasteiger charge is -2.31. The molecule has 0 radical (unpaired) electrons. The third-order valence-corrected chi connectivity index (χ3v) is 3.07. The molecule has 0 saturated carbocycles. The summed E-state index contributed by atoms with van der Waals surface area (Å²) in [6, 6.07) is 0.439. The topological polar surface area (TPSA) is 58.5 Å². The van der Waals surface area contributed by atoms with Crippen molar-refractivity contribution in [1.82, 2.24) is 9.97 Å². The molecular formula is C13H23N3O2. The van der Waals surface area contributed by atoms with Crippen LogP contribution in [-0.2, 0) is 11.3 Å². The fraction of sp³-hybridized carbons (Fsp3) is 0.692. The highest BCUT2D eigenvalue weighted by Gasteiger charge is 2.16. The normalized spacial score (nSPS) is 10.9. The average Bonchev–Trinajstić information content (AvgIpc) is 2.43. The maximum atomic E-state index is 8.97. The highest BCUT2D eigenvalue weighted by Crippen LogP contribution is 2.17. The van der Waals surface area contributed by atoms with Gasteiger partial charge in [-0.15, -0.1) is 0 Å². The van der Waals surface area contributed by atoms with Crippen molar-refractivity contribution < 1.29 is 9.84 Å². The van der Waals surface area contributed by atoms with Crippen molar-refractivity contribution >= 4 is 5.82 Å². The van der Waals surface area contributed by atoms with E-state index in [4.69, 9.17) is 9.84 Å². The summed E-state index contributed by atoms with van der Waals surface area (Å²) in [5, 5.41) is 8.97. The molecule has 0 aromatic carbocycles. The van der Waals surface area contributed by atoms with Crippen LogP contribution in [0.5, 0.6) is 0 Å². The van der Waals surface area contributed by atoms with Gasteiger partial charge in [-0.3, -0.25) is 4.98 Å². The molecule has 0 aliphatic heterocycles. The minimum Gasteiger partial charge on any atom is -0.390 e. The molecule has 0 aliphatic carbocycles. The van der Waals surface area contributed by atoms with Gasteiger partial charge in [0.2, 0.25) is 0 Å². The second-order valence-corrected chi connectivity index (χ2v) is 4.18. The number of ether oxygens (including phenoxy) is 1. The van der Waals surface area contributed by atoms with Crippen molar-refractivity contribution in [3.63, 3.8) is 0 Å². The number of hydrogen-bond acceptors (Lipinski definition) is 5.